The lowest BCUT2D eigenvalue weighted by atomic mass is 10.1. The topological polar surface area (TPSA) is 71.8 Å². The molecule has 7 nitrogen and oxygen atoms in total. The van der Waals surface area contributed by atoms with Crippen LogP contribution in [0.4, 0.5) is 5.82 Å². The Kier molecular flexibility index (Phi) is 5.88. The molecule has 1 N–H and O–H groups in total. The van der Waals surface area contributed by atoms with Crippen molar-refractivity contribution in [3.05, 3.63) is 42.6 Å². The number of ether oxygens (including phenoxy) is 1. The summed E-state index contributed by atoms with van der Waals surface area (Å²) in [7, 11) is 1.66. The molecule has 0 unspecified atom stereocenters. The number of methoxy groups -OCH3 is 1. The van der Waals surface area contributed by atoms with Gasteiger partial charge in [0.05, 0.1) is 19.0 Å². The van der Waals surface area contributed by atoms with Gasteiger partial charge in [-0.15, -0.1) is 5.10 Å². The summed E-state index contributed by atoms with van der Waals surface area (Å²) in [4.78, 5) is 19.0. The van der Waals surface area contributed by atoms with Crippen molar-refractivity contribution in [3.8, 4) is 17.0 Å². The number of aromatic nitrogens is 3. The highest BCUT2D eigenvalue weighted by molar-refractivity contribution is 5.77. The number of hydrogen-bond acceptors (Lipinski definition) is 5. The first kappa shape index (κ1) is 20.2. The average molecular weight is 408 g/mol. The Hall–Kier alpha value is -3.09. The van der Waals surface area contributed by atoms with Gasteiger partial charge in [0.25, 0.3) is 0 Å². The fourth-order valence-corrected chi connectivity index (χ4v) is 3.99. The standard InChI is InChI=1S/C23H29N5O2/c1-16(2)13-23(29)27-12-4-5-18(27)14-24-21-10-11-22-25-15-20(28(22)26-21)17-6-8-19(30-3)9-7-17/h6-11,15-16,18H,4-5,12-14H2,1-3H3,(H,24,26)/t18-/m0/s1. The normalized spacial score (nSPS) is 16.4. The number of rotatable bonds is 7. The van der Waals surface area contributed by atoms with Crippen LogP contribution in [0.5, 0.6) is 5.75 Å². The van der Waals surface area contributed by atoms with Crippen molar-refractivity contribution in [2.45, 2.75) is 39.2 Å². The van der Waals surface area contributed by atoms with Crippen molar-refractivity contribution in [3.63, 3.8) is 0 Å². The molecule has 0 aliphatic carbocycles. The first-order valence-corrected chi connectivity index (χ1v) is 10.6. The molecule has 4 rings (SSSR count). The number of anilines is 1. The zero-order valence-electron chi connectivity index (χ0n) is 17.8. The van der Waals surface area contributed by atoms with Gasteiger partial charge in [0.1, 0.15) is 11.6 Å². The van der Waals surface area contributed by atoms with Gasteiger partial charge in [-0.05, 0) is 55.2 Å². The van der Waals surface area contributed by atoms with E-state index in [1.165, 1.54) is 0 Å². The van der Waals surface area contributed by atoms with Crippen LogP contribution in [0.2, 0.25) is 0 Å². The number of fused-ring (bicyclic) bond motifs is 1. The maximum Gasteiger partial charge on any atom is 0.223 e. The van der Waals surface area contributed by atoms with E-state index in [4.69, 9.17) is 9.84 Å². The number of carbonyl (C=O) groups is 1. The van der Waals surface area contributed by atoms with Crippen LogP contribution in [0.15, 0.2) is 42.6 Å². The molecule has 0 radical (unpaired) electrons. The lowest BCUT2D eigenvalue weighted by Crippen LogP contribution is -2.40. The third-order valence-corrected chi connectivity index (χ3v) is 5.55. The monoisotopic (exact) mass is 407 g/mol. The van der Waals surface area contributed by atoms with Crippen molar-refractivity contribution >= 4 is 17.4 Å². The number of carbonyl (C=O) groups excluding carboxylic acids is 1. The SMILES string of the molecule is COc1ccc(-c2cnc3ccc(NC[C@@H]4CCCN4C(=O)CC(C)C)nn23)cc1. The van der Waals surface area contributed by atoms with Crippen LogP contribution in [0.25, 0.3) is 16.9 Å². The molecule has 1 aromatic carbocycles. The fraction of sp³-hybridized carbons (Fsp3) is 0.435. The molecule has 30 heavy (non-hydrogen) atoms. The van der Waals surface area contributed by atoms with E-state index in [2.05, 4.69) is 24.1 Å². The Balaban J connectivity index is 1.49. The molecular weight excluding hydrogens is 378 g/mol. The third kappa shape index (κ3) is 4.25. The Morgan fingerprint density at radius 3 is 2.77 bits per heavy atom. The first-order chi connectivity index (χ1) is 14.5. The van der Waals surface area contributed by atoms with E-state index in [1.807, 2.05) is 52.0 Å². The third-order valence-electron chi connectivity index (χ3n) is 5.55. The van der Waals surface area contributed by atoms with Crippen molar-refractivity contribution in [2.75, 3.05) is 25.5 Å². The van der Waals surface area contributed by atoms with Gasteiger partial charge < -0.3 is 15.0 Å². The van der Waals surface area contributed by atoms with Crippen LogP contribution in [0, 0.1) is 5.92 Å². The van der Waals surface area contributed by atoms with Crippen molar-refractivity contribution in [1.82, 2.24) is 19.5 Å². The van der Waals surface area contributed by atoms with E-state index in [9.17, 15) is 4.79 Å². The highest BCUT2D eigenvalue weighted by atomic mass is 16.5. The first-order valence-electron chi connectivity index (χ1n) is 10.6. The second-order valence-corrected chi connectivity index (χ2v) is 8.22. The van der Waals surface area contributed by atoms with Crippen molar-refractivity contribution < 1.29 is 9.53 Å². The van der Waals surface area contributed by atoms with Crippen LogP contribution < -0.4 is 10.1 Å². The van der Waals surface area contributed by atoms with Crippen LogP contribution in [-0.2, 0) is 4.79 Å². The summed E-state index contributed by atoms with van der Waals surface area (Å²) in [5.74, 6) is 2.23. The molecule has 1 fully saturated rings. The summed E-state index contributed by atoms with van der Waals surface area (Å²) in [5, 5.41) is 8.17. The van der Waals surface area contributed by atoms with Gasteiger partial charge in [0.15, 0.2) is 5.65 Å². The largest absolute Gasteiger partial charge is 0.497 e. The minimum atomic E-state index is 0.220. The maximum atomic E-state index is 12.5. The second-order valence-electron chi connectivity index (χ2n) is 8.22. The quantitative estimate of drug-likeness (QED) is 0.644. The summed E-state index contributed by atoms with van der Waals surface area (Å²) in [5.41, 5.74) is 2.74. The predicted molar refractivity (Wildman–Crippen MR) is 118 cm³/mol. The summed E-state index contributed by atoms with van der Waals surface area (Å²) >= 11 is 0. The molecule has 1 amide bonds. The number of nitrogens with one attached hydrogen (secondary N) is 1. The molecule has 1 atom stereocenters. The van der Waals surface area contributed by atoms with Crippen LogP contribution in [0.1, 0.15) is 33.1 Å². The van der Waals surface area contributed by atoms with Gasteiger partial charge in [0.2, 0.25) is 5.91 Å². The highest BCUT2D eigenvalue weighted by Crippen LogP contribution is 2.24. The van der Waals surface area contributed by atoms with E-state index < -0.39 is 0 Å². The number of likely N-dealkylation sites (tertiary alicyclic amines) is 1. The molecule has 0 spiro atoms. The fourth-order valence-electron chi connectivity index (χ4n) is 3.99. The average Bonchev–Trinajstić information content (AvgIpc) is 3.38. The van der Waals surface area contributed by atoms with Crippen molar-refractivity contribution in [1.29, 1.82) is 0 Å². The maximum absolute atomic E-state index is 12.5. The summed E-state index contributed by atoms with van der Waals surface area (Å²) in [6, 6.07) is 12.0. The molecule has 1 aliphatic rings. The molecule has 3 heterocycles. The van der Waals surface area contributed by atoms with E-state index in [0.29, 0.717) is 18.9 Å². The summed E-state index contributed by atoms with van der Waals surface area (Å²) in [6.45, 7) is 5.74. The Morgan fingerprint density at radius 2 is 2.03 bits per heavy atom. The smallest absolute Gasteiger partial charge is 0.223 e. The van der Waals surface area contributed by atoms with Gasteiger partial charge in [-0.2, -0.15) is 0 Å². The molecule has 158 valence electrons. The van der Waals surface area contributed by atoms with Gasteiger partial charge in [-0.25, -0.2) is 9.50 Å². The zero-order valence-corrected chi connectivity index (χ0v) is 17.8. The lowest BCUT2D eigenvalue weighted by Gasteiger charge is -2.26. The Labute approximate surface area is 177 Å². The minimum absolute atomic E-state index is 0.220. The number of imidazole rings is 1. The molecule has 0 saturated carbocycles. The molecule has 1 saturated heterocycles. The molecule has 2 aromatic heterocycles. The number of benzene rings is 1. The Bertz CT molecular complexity index is 1010. The van der Waals surface area contributed by atoms with Crippen LogP contribution in [-0.4, -0.2) is 51.6 Å². The number of nitrogens with zero attached hydrogens (tertiary/aromatic N) is 4. The number of hydrogen-bond donors (Lipinski definition) is 1. The van der Waals surface area contributed by atoms with Gasteiger partial charge in [0, 0.05) is 31.1 Å². The zero-order chi connectivity index (χ0) is 21.1. The minimum Gasteiger partial charge on any atom is -0.497 e. The predicted octanol–water partition coefficient (Wildman–Crippen LogP) is 3.85. The number of amides is 1. The van der Waals surface area contributed by atoms with Crippen molar-refractivity contribution in [2.24, 2.45) is 5.92 Å². The molecule has 0 bridgehead atoms. The van der Waals surface area contributed by atoms with Gasteiger partial charge in [-0.1, -0.05) is 13.8 Å². The van der Waals surface area contributed by atoms with E-state index in [0.717, 1.165) is 47.9 Å². The highest BCUT2D eigenvalue weighted by Gasteiger charge is 2.28. The molecule has 3 aromatic rings. The molecular formula is C23H29N5O2. The van der Waals surface area contributed by atoms with E-state index in [-0.39, 0.29) is 11.9 Å². The van der Waals surface area contributed by atoms with Crippen LogP contribution in [0.3, 0.4) is 0 Å². The summed E-state index contributed by atoms with van der Waals surface area (Å²) in [6.07, 6.45) is 4.53. The molecule has 7 heteroatoms. The van der Waals surface area contributed by atoms with E-state index >= 15 is 0 Å². The Morgan fingerprint density at radius 1 is 1.23 bits per heavy atom. The lowest BCUT2D eigenvalue weighted by molar-refractivity contribution is -0.132. The van der Waals surface area contributed by atoms with E-state index in [1.54, 1.807) is 7.11 Å². The van der Waals surface area contributed by atoms with Crippen LogP contribution >= 0.6 is 0 Å². The second kappa shape index (κ2) is 8.73. The van der Waals surface area contributed by atoms with Gasteiger partial charge in [-0.3, -0.25) is 4.79 Å². The molecule has 1 aliphatic heterocycles. The summed E-state index contributed by atoms with van der Waals surface area (Å²) < 4.78 is 7.09. The van der Waals surface area contributed by atoms with Gasteiger partial charge >= 0.3 is 0 Å².